The molecule has 0 spiro atoms. The number of aromatic nitrogens is 2. The molecule has 0 saturated heterocycles. The minimum absolute atomic E-state index is 0.0440. The van der Waals surface area contributed by atoms with Crippen LogP contribution in [-0.4, -0.2) is 27.3 Å². The SMILES string of the molecule is CC(=O)c1ccc(N(C)Cc2nccn2C(F)F)c([N+](=O)[O-])c1. The van der Waals surface area contributed by atoms with Crippen molar-refractivity contribution in [3.8, 4) is 0 Å². The molecule has 23 heavy (non-hydrogen) atoms. The van der Waals surface area contributed by atoms with Crippen molar-refractivity contribution in [2.75, 3.05) is 11.9 Å². The first kappa shape index (κ1) is 16.5. The number of hydrogen-bond donors (Lipinski definition) is 0. The number of rotatable bonds is 6. The van der Waals surface area contributed by atoms with Crippen LogP contribution in [-0.2, 0) is 6.54 Å². The molecule has 0 aliphatic heterocycles. The predicted octanol–water partition coefficient (Wildman–Crippen LogP) is 3.03. The highest BCUT2D eigenvalue weighted by atomic mass is 19.3. The zero-order chi connectivity index (χ0) is 17.1. The molecule has 122 valence electrons. The van der Waals surface area contributed by atoms with E-state index >= 15 is 0 Å². The topological polar surface area (TPSA) is 81.3 Å². The summed E-state index contributed by atoms with van der Waals surface area (Å²) in [6.45, 7) is -1.48. The molecule has 0 unspecified atom stereocenters. The van der Waals surface area contributed by atoms with Crippen LogP contribution in [0.2, 0.25) is 0 Å². The van der Waals surface area contributed by atoms with Crippen LogP contribution in [0.5, 0.6) is 0 Å². The minimum atomic E-state index is -2.74. The van der Waals surface area contributed by atoms with Gasteiger partial charge < -0.3 is 4.90 Å². The van der Waals surface area contributed by atoms with E-state index in [-0.39, 0.29) is 35.1 Å². The molecule has 7 nitrogen and oxygen atoms in total. The summed E-state index contributed by atoms with van der Waals surface area (Å²) in [4.78, 5) is 27.2. The molecule has 0 aliphatic carbocycles. The summed E-state index contributed by atoms with van der Waals surface area (Å²) in [7, 11) is 1.53. The maximum Gasteiger partial charge on any atom is 0.319 e. The van der Waals surface area contributed by atoms with Gasteiger partial charge in [-0.05, 0) is 19.1 Å². The van der Waals surface area contributed by atoms with E-state index in [2.05, 4.69) is 4.98 Å². The lowest BCUT2D eigenvalue weighted by Crippen LogP contribution is -2.21. The number of alkyl halides is 2. The normalized spacial score (nSPS) is 10.8. The average molecular weight is 324 g/mol. The smallest absolute Gasteiger partial charge is 0.319 e. The summed E-state index contributed by atoms with van der Waals surface area (Å²) in [5.41, 5.74) is 0.155. The number of nitrogens with zero attached hydrogens (tertiary/aromatic N) is 4. The number of ketones is 1. The molecular formula is C14H14F2N4O3. The van der Waals surface area contributed by atoms with Crippen LogP contribution in [0.4, 0.5) is 20.2 Å². The molecule has 0 bridgehead atoms. The number of carbonyl (C=O) groups is 1. The van der Waals surface area contributed by atoms with Gasteiger partial charge in [-0.3, -0.25) is 19.5 Å². The molecule has 1 heterocycles. The van der Waals surface area contributed by atoms with Gasteiger partial charge >= 0.3 is 6.55 Å². The van der Waals surface area contributed by atoms with Gasteiger partial charge in [-0.2, -0.15) is 8.78 Å². The van der Waals surface area contributed by atoms with Gasteiger partial charge in [0.25, 0.3) is 5.69 Å². The second-order valence-electron chi connectivity index (χ2n) is 4.90. The fourth-order valence-electron chi connectivity index (χ4n) is 2.15. The summed E-state index contributed by atoms with van der Waals surface area (Å²) in [6, 6.07) is 4.05. The van der Waals surface area contributed by atoms with Crippen LogP contribution < -0.4 is 4.90 Å². The molecule has 2 rings (SSSR count). The van der Waals surface area contributed by atoms with Crippen molar-refractivity contribution in [1.29, 1.82) is 0 Å². The fraction of sp³-hybridized carbons (Fsp3) is 0.286. The number of hydrogen-bond acceptors (Lipinski definition) is 5. The third-order valence-corrected chi connectivity index (χ3v) is 3.33. The monoisotopic (exact) mass is 324 g/mol. The lowest BCUT2D eigenvalue weighted by atomic mass is 10.1. The standard InChI is InChI=1S/C14H14F2N4O3/c1-9(21)10-3-4-11(12(7-10)20(22)23)18(2)8-13-17-5-6-19(13)14(15)16/h3-7,14H,8H2,1-2H3. The molecule has 9 heteroatoms. The second-order valence-corrected chi connectivity index (χ2v) is 4.90. The number of anilines is 1. The molecule has 0 fully saturated rings. The highest BCUT2D eigenvalue weighted by Gasteiger charge is 2.21. The van der Waals surface area contributed by atoms with Crippen LogP contribution in [0.3, 0.4) is 0 Å². The summed E-state index contributed by atoms with van der Waals surface area (Å²) >= 11 is 0. The van der Waals surface area contributed by atoms with E-state index in [0.717, 1.165) is 6.20 Å². The van der Waals surface area contributed by atoms with E-state index in [1.807, 2.05) is 0 Å². The number of nitro groups is 1. The van der Waals surface area contributed by atoms with E-state index in [0.29, 0.717) is 4.57 Å². The van der Waals surface area contributed by atoms with Crippen molar-refractivity contribution < 1.29 is 18.5 Å². The van der Waals surface area contributed by atoms with Crippen LogP contribution >= 0.6 is 0 Å². The Balaban J connectivity index is 2.35. The van der Waals surface area contributed by atoms with Crippen LogP contribution in [0.15, 0.2) is 30.6 Å². The summed E-state index contributed by atoms with van der Waals surface area (Å²) < 4.78 is 26.3. The summed E-state index contributed by atoms with van der Waals surface area (Å²) in [5.74, 6) is -0.219. The Bertz CT molecular complexity index is 745. The Morgan fingerprint density at radius 3 is 2.74 bits per heavy atom. The Kier molecular flexibility index (Phi) is 4.68. The van der Waals surface area contributed by atoms with Gasteiger partial charge in [0, 0.05) is 31.1 Å². The molecular weight excluding hydrogens is 310 g/mol. The van der Waals surface area contributed by atoms with E-state index in [9.17, 15) is 23.7 Å². The lowest BCUT2D eigenvalue weighted by molar-refractivity contribution is -0.384. The van der Waals surface area contributed by atoms with Gasteiger partial charge in [-0.25, -0.2) is 4.98 Å². The largest absolute Gasteiger partial charge is 0.362 e. The predicted molar refractivity (Wildman–Crippen MR) is 78.7 cm³/mol. The number of imidazole rings is 1. The van der Waals surface area contributed by atoms with Crippen molar-refractivity contribution in [2.24, 2.45) is 0 Å². The van der Waals surface area contributed by atoms with Gasteiger partial charge in [0.2, 0.25) is 0 Å². The first-order chi connectivity index (χ1) is 10.8. The van der Waals surface area contributed by atoms with Gasteiger partial charge in [0.05, 0.1) is 11.5 Å². The van der Waals surface area contributed by atoms with E-state index in [4.69, 9.17) is 0 Å². The number of carbonyl (C=O) groups excluding carboxylic acids is 1. The van der Waals surface area contributed by atoms with Gasteiger partial charge in [0.15, 0.2) is 5.78 Å². The van der Waals surface area contributed by atoms with E-state index in [1.54, 1.807) is 0 Å². The van der Waals surface area contributed by atoms with Crippen molar-refractivity contribution >= 4 is 17.2 Å². The molecule has 2 aromatic rings. The zero-order valence-electron chi connectivity index (χ0n) is 12.4. The zero-order valence-corrected chi connectivity index (χ0v) is 12.4. The average Bonchev–Trinajstić information content (AvgIpc) is 2.94. The van der Waals surface area contributed by atoms with Crippen molar-refractivity contribution in [3.63, 3.8) is 0 Å². The van der Waals surface area contributed by atoms with Gasteiger partial charge in [0.1, 0.15) is 11.5 Å². The lowest BCUT2D eigenvalue weighted by Gasteiger charge is -2.19. The Labute approximate surface area is 130 Å². The highest BCUT2D eigenvalue weighted by molar-refractivity contribution is 5.95. The van der Waals surface area contributed by atoms with Gasteiger partial charge in [-0.1, -0.05) is 0 Å². The van der Waals surface area contributed by atoms with E-state index in [1.165, 1.54) is 43.3 Å². The highest BCUT2D eigenvalue weighted by Crippen LogP contribution is 2.29. The molecule has 0 atom stereocenters. The molecule has 1 aromatic carbocycles. The Hall–Kier alpha value is -2.84. The molecule has 0 radical (unpaired) electrons. The van der Waals surface area contributed by atoms with Crippen LogP contribution in [0, 0.1) is 10.1 Å². The van der Waals surface area contributed by atoms with Crippen molar-refractivity contribution in [3.05, 3.63) is 52.1 Å². The maximum atomic E-state index is 12.8. The maximum absolute atomic E-state index is 12.8. The van der Waals surface area contributed by atoms with E-state index < -0.39 is 11.5 Å². The number of nitro benzene ring substituents is 1. The first-order valence-electron chi connectivity index (χ1n) is 6.61. The summed E-state index contributed by atoms with van der Waals surface area (Å²) in [6.07, 6.45) is 2.38. The summed E-state index contributed by atoms with van der Waals surface area (Å²) in [5, 5.41) is 11.2. The number of halogens is 2. The van der Waals surface area contributed by atoms with Gasteiger partial charge in [-0.15, -0.1) is 0 Å². The minimum Gasteiger partial charge on any atom is -0.362 e. The Morgan fingerprint density at radius 2 is 2.17 bits per heavy atom. The molecule has 1 aromatic heterocycles. The Morgan fingerprint density at radius 1 is 1.48 bits per heavy atom. The molecule has 0 N–H and O–H groups in total. The van der Waals surface area contributed by atoms with Crippen LogP contribution in [0.1, 0.15) is 29.7 Å². The molecule has 0 aliphatic rings. The first-order valence-corrected chi connectivity index (χ1v) is 6.61. The molecule has 0 amide bonds. The number of benzene rings is 1. The van der Waals surface area contributed by atoms with Crippen molar-refractivity contribution in [2.45, 2.75) is 20.0 Å². The molecule has 0 saturated carbocycles. The van der Waals surface area contributed by atoms with Crippen LogP contribution in [0.25, 0.3) is 0 Å². The quantitative estimate of drug-likeness (QED) is 0.463. The van der Waals surface area contributed by atoms with Crippen molar-refractivity contribution in [1.82, 2.24) is 9.55 Å². The fourth-order valence-corrected chi connectivity index (χ4v) is 2.15. The third-order valence-electron chi connectivity index (χ3n) is 3.33. The third kappa shape index (κ3) is 3.50. The number of Topliss-reactive ketones (excluding diaryl/α,β-unsaturated/α-hetero) is 1. The second kappa shape index (κ2) is 6.51.